The van der Waals surface area contributed by atoms with Gasteiger partial charge in [-0.2, -0.15) is 0 Å². The summed E-state index contributed by atoms with van der Waals surface area (Å²) in [4.78, 5) is 26.2. The van der Waals surface area contributed by atoms with E-state index in [-0.39, 0.29) is 5.56 Å². The van der Waals surface area contributed by atoms with Crippen LogP contribution in [-0.4, -0.2) is 62.7 Å². The predicted molar refractivity (Wildman–Crippen MR) is 95.1 cm³/mol. The molecule has 140 valence electrons. The molecule has 1 aliphatic carbocycles. The van der Waals surface area contributed by atoms with Gasteiger partial charge in [-0.3, -0.25) is 4.79 Å². The van der Waals surface area contributed by atoms with Crippen LogP contribution in [0.25, 0.3) is 10.9 Å². The fourth-order valence-corrected chi connectivity index (χ4v) is 2.95. The van der Waals surface area contributed by atoms with Crippen molar-refractivity contribution in [2.45, 2.75) is 43.1 Å². The van der Waals surface area contributed by atoms with Gasteiger partial charge in [0.25, 0.3) is 5.56 Å². The molecule has 1 fully saturated rings. The molecule has 0 aliphatic heterocycles. The number of anilines is 1. The molecular formula is C18H22N2O6. The highest BCUT2D eigenvalue weighted by Gasteiger charge is 2.31. The summed E-state index contributed by atoms with van der Waals surface area (Å²) >= 11 is 0. The number of aliphatic hydroxyl groups is 4. The maximum absolute atomic E-state index is 12.2. The zero-order valence-electron chi connectivity index (χ0n) is 14.0. The molecular weight excluding hydrogens is 340 g/mol. The van der Waals surface area contributed by atoms with Crippen molar-refractivity contribution in [3.05, 3.63) is 40.2 Å². The molecule has 26 heavy (non-hydrogen) atoms. The van der Waals surface area contributed by atoms with Crippen molar-refractivity contribution in [2.24, 2.45) is 0 Å². The smallest absolute Gasteiger partial charge is 0.251 e. The molecule has 2 aromatic rings. The molecule has 3 rings (SSSR count). The van der Waals surface area contributed by atoms with Crippen LogP contribution in [0.4, 0.5) is 5.69 Å². The quantitative estimate of drug-likeness (QED) is 0.346. The fourth-order valence-electron chi connectivity index (χ4n) is 2.95. The van der Waals surface area contributed by atoms with Crippen LogP contribution in [-0.2, 0) is 4.79 Å². The molecule has 0 spiro atoms. The monoisotopic (exact) mass is 362 g/mol. The van der Waals surface area contributed by atoms with E-state index in [1.807, 2.05) is 6.07 Å². The number of aliphatic hydroxyl groups excluding tert-OH is 4. The van der Waals surface area contributed by atoms with Gasteiger partial charge in [0.15, 0.2) is 0 Å². The number of fused-ring (bicyclic) bond motifs is 1. The van der Waals surface area contributed by atoms with E-state index in [1.165, 1.54) is 0 Å². The fraction of sp³-hybridized carbons (Fsp3) is 0.444. The Hall–Kier alpha value is -2.26. The van der Waals surface area contributed by atoms with Gasteiger partial charge in [-0.15, -0.1) is 0 Å². The molecule has 0 amide bonds. The minimum absolute atomic E-state index is 0.134. The van der Waals surface area contributed by atoms with E-state index in [4.69, 9.17) is 5.11 Å². The summed E-state index contributed by atoms with van der Waals surface area (Å²) in [5.74, 6) is 0.329. The topological polar surface area (TPSA) is 143 Å². The van der Waals surface area contributed by atoms with Gasteiger partial charge in [0.05, 0.1) is 12.1 Å². The number of aromatic amines is 1. The van der Waals surface area contributed by atoms with E-state index in [0.717, 1.165) is 23.8 Å². The SMILES string of the molecule is O=C[C@@H](Nc1ccc2cc(C3CC3)c(=O)[nH]c2c1)[C@H](O)[C@@H](O)[C@@H](O)CO. The lowest BCUT2D eigenvalue weighted by atomic mass is 10.0. The number of rotatable bonds is 8. The summed E-state index contributed by atoms with van der Waals surface area (Å²) in [5.41, 5.74) is 1.68. The molecule has 8 heteroatoms. The van der Waals surface area contributed by atoms with Crippen LogP contribution >= 0.6 is 0 Å². The van der Waals surface area contributed by atoms with Crippen molar-refractivity contribution in [2.75, 3.05) is 11.9 Å². The van der Waals surface area contributed by atoms with Crippen LogP contribution < -0.4 is 10.9 Å². The van der Waals surface area contributed by atoms with Crippen molar-refractivity contribution in [1.29, 1.82) is 0 Å². The Bertz CT molecular complexity index is 847. The summed E-state index contributed by atoms with van der Waals surface area (Å²) in [6.07, 6.45) is -2.43. The van der Waals surface area contributed by atoms with Gasteiger partial charge < -0.3 is 35.5 Å². The Morgan fingerprint density at radius 3 is 2.54 bits per heavy atom. The van der Waals surface area contributed by atoms with Crippen LogP contribution in [0, 0.1) is 0 Å². The lowest BCUT2D eigenvalue weighted by molar-refractivity contribution is -0.117. The first kappa shape index (κ1) is 18.5. The van der Waals surface area contributed by atoms with E-state index >= 15 is 0 Å². The van der Waals surface area contributed by atoms with Crippen LogP contribution in [0.15, 0.2) is 29.1 Å². The lowest BCUT2D eigenvalue weighted by Crippen LogP contribution is -2.49. The Morgan fingerprint density at radius 2 is 1.92 bits per heavy atom. The van der Waals surface area contributed by atoms with Gasteiger partial charge in [0.1, 0.15) is 30.6 Å². The number of benzene rings is 1. The number of aldehydes is 1. The van der Waals surface area contributed by atoms with E-state index in [9.17, 15) is 24.9 Å². The Morgan fingerprint density at radius 1 is 1.19 bits per heavy atom. The van der Waals surface area contributed by atoms with Gasteiger partial charge in [-0.05, 0) is 42.3 Å². The largest absolute Gasteiger partial charge is 0.394 e. The summed E-state index contributed by atoms with van der Waals surface area (Å²) in [6.45, 7) is -0.746. The normalized spacial score (nSPS) is 18.9. The lowest BCUT2D eigenvalue weighted by Gasteiger charge is -2.26. The zero-order chi connectivity index (χ0) is 18.8. The van der Waals surface area contributed by atoms with Crippen molar-refractivity contribution < 1.29 is 25.2 Å². The number of carbonyl (C=O) groups excluding carboxylic acids is 1. The van der Waals surface area contributed by atoms with E-state index in [0.29, 0.717) is 23.4 Å². The number of hydrogen-bond donors (Lipinski definition) is 6. The number of pyridine rings is 1. The second-order valence-corrected chi connectivity index (χ2v) is 6.67. The van der Waals surface area contributed by atoms with Gasteiger partial charge in [-0.25, -0.2) is 0 Å². The van der Waals surface area contributed by atoms with E-state index in [1.54, 1.807) is 18.2 Å². The molecule has 8 nitrogen and oxygen atoms in total. The number of carbonyl (C=O) groups is 1. The highest BCUT2D eigenvalue weighted by atomic mass is 16.4. The molecule has 0 saturated heterocycles. The average molecular weight is 362 g/mol. The summed E-state index contributed by atoms with van der Waals surface area (Å²) in [6, 6.07) is 5.76. The molecule has 4 atom stereocenters. The molecule has 0 radical (unpaired) electrons. The molecule has 1 heterocycles. The van der Waals surface area contributed by atoms with Crippen molar-refractivity contribution in [3.63, 3.8) is 0 Å². The highest BCUT2D eigenvalue weighted by Crippen LogP contribution is 2.38. The third-order valence-corrected chi connectivity index (χ3v) is 4.67. The first-order valence-corrected chi connectivity index (χ1v) is 8.48. The van der Waals surface area contributed by atoms with Crippen molar-refractivity contribution >= 4 is 22.9 Å². The number of H-pyrrole nitrogens is 1. The van der Waals surface area contributed by atoms with Crippen molar-refractivity contribution in [3.8, 4) is 0 Å². The summed E-state index contributed by atoms with van der Waals surface area (Å²) in [5, 5.41) is 41.7. The minimum Gasteiger partial charge on any atom is -0.394 e. The minimum atomic E-state index is -1.69. The maximum Gasteiger partial charge on any atom is 0.251 e. The zero-order valence-corrected chi connectivity index (χ0v) is 14.0. The first-order valence-electron chi connectivity index (χ1n) is 8.48. The second-order valence-electron chi connectivity index (χ2n) is 6.67. The van der Waals surface area contributed by atoms with E-state index < -0.39 is 31.0 Å². The van der Waals surface area contributed by atoms with Gasteiger partial charge in [0.2, 0.25) is 0 Å². The Labute approximate surface area is 149 Å². The predicted octanol–water partition coefficient (Wildman–Crippen LogP) is -0.540. The van der Waals surface area contributed by atoms with Gasteiger partial charge >= 0.3 is 0 Å². The Kier molecular flexibility index (Phi) is 5.38. The van der Waals surface area contributed by atoms with Crippen LogP contribution in [0.1, 0.15) is 24.3 Å². The highest BCUT2D eigenvalue weighted by molar-refractivity contribution is 5.83. The van der Waals surface area contributed by atoms with Crippen LogP contribution in [0.5, 0.6) is 0 Å². The average Bonchev–Trinajstić information content (AvgIpc) is 3.48. The number of nitrogens with one attached hydrogen (secondary N) is 2. The molecule has 1 aromatic heterocycles. The molecule has 0 unspecified atom stereocenters. The second kappa shape index (κ2) is 7.55. The maximum atomic E-state index is 12.2. The molecule has 6 N–H and O–H groups in total. The molecule has 1 saturated carbocycles. The standard InChI is InChI=1S/C18H22N2O6/c21-7-14(16(24)17(25)15(23)8-22)19-11-4-3-10-5-12(9-1-2-9)18(26)20-13(10)6-11/h3-7,9,14-17,19,22-25H,1-2,8H2,(H,20,26)/t14-,15+,16+,17+/m1/s1. The third-order valence-electron chi connectivity index (χ3n) is 4.67. The van der Waals surface area contributed by atoms with Crippen molar-refractivity contribution in [1.82, 2.24) is 4.98 Å². The van der Waals surface area contributed by atoms with Gasteiger partial charge in [0, 0.05) is 11.3 Å². The molecule has 1 aromatic carbocycles. The van der Waals surface area contributed by atoms with E-state index in [2.05, 4.69) is 10.3 Å². The third kappa shape index (κ3) is 3.78. The molecule has 1 aliphatic rings. The molecule has 0 bridgehead atoms. The summed E-state index contributed by atoms with van der Waals surface area (Å²) in [7, 11) is 0. The summed E-state index contributed by atoms with van der Waals surface area (Å²) < 4.78 is 0. The van der Waals surface area contributed by atoms with Crippen LogP contribution in [0.3, 0.4) is 0 Å². The number of aromatic nitrogens is 1. The van der Waals surface area contributed by atoms with Gasteiger partial charge in [-0.1, -0.05) is 6.07 Å². The first-order chi connectivity index (χ1) is 12.4. The number of hydrogen-bond acceptors (Lipinski definition) is 7. The Balaban J connectivity index is 1.82. The van der Waals surface area contributed by atoms with Crippen LogP contribution in [0.2, 0.25) is 0 Å².